The van der Waals surface area contributed by atoms with Crippen molar-refractivity contribution in [2.45, 2.75) is 32.3 Å². The highest BCUT2D eigenvalue weighted by Crippen LogP contribution is 2.27. The van der Waals surface area contributed by atoms with Crippen LogP contribution in [0, 0.1) is 6.92 Å². The Labute approximate surface area is 110 Å². The van der Waals surface area contributed by atoms with Gasteiger partial charge in [-0.05, 0) is 50.5 Å². The number of ether oxygens (including phenoxy) is 1. The molecule has 0 spiro atoms. The van der Waals surface area contributed by atoms with Crippen molar-refractivity contribution in [3.8, 4) is 0 Å². The lowest BCUT2D eigenvalue weighted by molar-refractivity contribution is -0.133. The zero-order chi connectivity index (χ0) is 12.5. The molecule has 1 fully saturated rings. The van der Waals surface area contributed by atoms with Crippen molar-refractivity contribution < 1.29 is 9.53 Å². The average Bonchev–Trinajstić information content (AvgIpc) is 2.72. The van der Waals surface area contributed by atoms with Crippen LogP contribution < -0.4 is 5.32 Å². The maximum atomic E-state index is 12.1. The quantitative estimate of drug-likeness (QED) is 0.910. The molecule has 1 aliphatic heterocycles. The van der Waals surface area contributed by atoms with Crippen LogP contribution in [0.4, 0.5) is 5.69 Å². The zero-order valence-electron chi connectivity index (χ0n) is 10.0. The lowest BCUT2D eigenvalue weighted by atomic mass is 10.0. The molecule has 4 heteroatoms. The fourth-order valence-corrected chi connectivity index (χ4v) is 2.19. The summed E-state index contributed by atoms with van der Waals surface area (Å²) in [5.41, 5.74) is 1.24. The summed E-state index contributed by atoms with van der Waals surface area (Å²) >= 11 is 3.44. The van der Waals surface area contributed by atoms with Crippen molar-refractivity contribution in [2.24, 2.45) is 0 Å². The molecule has 92 valence electrons. The summed E-state index contributed by atoms with van der Waals surface area (Å²) in [5.74, 6) is -0.0586. The number of nitrogens with one attached hydrogen (secondary N) is 1. The SMILES string of the molecule is Cc1cc(NC(=O)C2(C)CCCO2)ccc1Br. The minimum atomic E-state index is -0.666. The van der Waals surface area contributed by atoms with Gasteiger partial charge in [0.25, 0.3) is 5.91 Å². The van der Waals surface area contributed by atoms with Crippen molar-refractivity contribution in [3.63, 3.8) is 0 Å². The fraction of sp³-hybridized carbons (Fsp3) is 0.462. The molecule has 1 heterocycles. The van der Waals surface area contributed by atoms with Crippen molar-refractivity contribution in [3.05, 3.63) is 28.2 Å². The topological polar surface area (TPSA) is 38.3 Å². The highest BCUT2D eigenvalue weighted by molar-refractivity contribution is 9.10. The lowest BCUT2D eigenvalue weighted by Gasteiger charge is -2.22. The largest absolute Gasteiger partial charge is 0.365 e. The Morgan fingerprint density at radius 3 is 2.88 bits per heavy atom. The van der Waals surface area contributed by atoms with E-state index in [9.17, 15) is 4.79 Å². The molecule has 1 saturated heterocycles. The van der Waals surface area contributed by atoms with Gasteiger partial charge in [0.2, 0.25) is 0 Å². The van der Waals surface area contributed by atoms with E-state index in [4.69, 9.17) is 4.74 Å². The number of carbonyl (C=O) groups excluding carboxylic acids is 1. The average molecular weight is 298 g/mol. The van der Waals surface area contributed by atoms with E-state index in [1.807, 2.05) is 32.0 Å². The molecule has 3 nitrogen and oxygen atoms in total. The third-order valence-corrected chi connectivity index (χ3v) is 4.00. The molecule has 17 heavy (non-hydrogen) atoms. The maximum absolute atomic E-state index is 12.1. The number of hydrogen-bond donors (Lipinski definition) is 1. The Morgan fingerprint density at radius 2 is 2.29 bits per heavy atom. The van der Waals surface area contributed by atoms with E-state index >= 15 is 0 Å². The molecule has 1 N–H and O–H groups in total. The highest BCUT2D eigenvalue weighted by atomic mass is 79.9. The number of rotatable bonds is 2. The second-order valence-electron chi connectivity index (χ2n) is 4.60. The molecule has 1 unspecified atom stereocenters. The zero-order valence-corrected chi connectivity index (χ0v) is 11.6. The Morgan fingerprint density at radius 1 is 1.53 bits per heavy atom. The molecule has 1 atom stereocenters. The minimum absolute atomic E-state index is 0.0586. The van der Waals surface area contributed by atoms with Gasteiger partial charge in [-0.15, -0.1) is 0 Å². The summed E-state index contributed by atoms with van der Waals surface area (Å²) in [7, 11) is 0. The van der Waals surface area contributed by atoms with Crippen LogP contribution in [0.1, 0.15) is 25.3 Å². The fourth-order valence-electron chi connectivity index (χ4n) is 1.94. The standard InChI is InChI=1S/C13H16BrNO2/c1-9-8-10(4-5-11(9)14)15-12(16)13(2)6-3-7-17-13/h4-5,8H,3,6-7H2,1-2H3,(H,15,16). The first-order valence-corrected chi connectivity index (χ1v) is 6.52. The summed E-state index contributed by atoms with van der Waals surface area (Å²) < 4.78 is 6.55. The van der Waals surface area contributed by atoms with Crippen molar-refractivity contribution in [1.29, 1.82) is 0 Å². The predicted molar refractivity (Wildman–Crippen MR) is 71.1 cm³/mol. The van der Waals surface area contributed by atoms with Crippen LogP contribution in [0.15, 0.2) is 22.7 Å². The Bertz CT molecular complexity index is 439. The first-order chi connectivity index (χ1) is 8.01. The van der Waals surface area contributed by atoms with Crippen LogP contribution in [-0.4, -0.2) is 18.1 Å². The molecule has 1 amide bonds. The summed E-state index contributed by atoms with van der Waals surface area (Å²) in [6.07, 6.45) is 1.73. The van der Waals surface area contributed by atoms with Gasteiger partial charge in [0.05, 0.1) is 0 Å². The monoisotopic (exact) mass is 297 g/mol. The van der Waals surface area contributed by atoms with Crippen LogP contribution in [0.25, 0.3) is 0 Å². The number of aryl methyl sites for hydroxylation is 1. The number of carbonyl (C=O) groups is 1. The second kappa shape index (κ2) is 4.78. The summed E-state index contributed by atoms with van der Waals surface area (Å²) in [6.45, 7) is 4.51. The normalized spacial score (nSPS) is 23.7. The number of benzene rings is 1. The first-order valence-electron chi connectivity index (χ1n) is 5.73. The van der Waals surface area contributed by atoms with Gasteiger partial charge in [-0.1, -0.05) is 15.9 Å². The van der Waals surface area contributed by atoms with Gasteiger partial charge in [-0.3, -0.25) is 4.79 Å². The smallest absolute Gasteiger partial charge is 0.256 e. The molecule has 1 aliphatic rings. The van der Waals surface area contributed by atoms with Gasteiger partial charge < -0.3 is 10.1 Å². The molecular formula is C13H16BrNO2. The number of amides is 1. The molecule has 1 aromatic carbocycles. The van der Waals surface area contributed by atoms with Crippen molar-refractivity contribution in [2.75, 3.05) is 11.9 Å². The van der Waals surface area contributed by atoms with E-state index in [2.05, 4.69) is 21.2 Å². The van der Waals surface area contributed by atoms with Crippen LogP contribution in [-0.2, 0) is 9.53 Å². The first kappa shape index (κ1) is 12.6. The second-order valence-corrected chi connectivity index (χ2v) is 5.46. The molecule has 0 aliphatic carbocycles. The molecule has 0 bridgehead atoms. The molecule has 1 aromatic rings. The number of anilines is 1. The van der Waals surface area contributed by atoms with E-state index in [1.165, 1.54) is 0 Å². The van der Waals surface area contributed by atoms with E-state index in [0.717, 1.165) is 28.6 Å². The van der Waals surface area contributed by atoms with E-state index in [1.54, 1.807) is 0 Å². The van der Waals surface area contributed by atoms with E-state index in [-0.39, 0.29) is 5.91 Å². The van der Waals surface area contributed by atoms with Crippen LogP contribution in [0.5, 0.6) is 0 Å². The number of halogens is 1. The highest BCUT2D eigenvalue weighted by Gasteiger charge is 2.37. The molecule has 2 rings (SSSR count). The van der Waals surface area contributed by atoms with Gasteiger partial charge >= 0.3 is 0 Å². The van der Waals surface area contributed by atoms with Gasteiger partial charge in [0.15, 0.2) is 0 Å². The van der Waals surface area contributed by atoms with Crippen molar-refractivity contribution >= 4 is 27.5 Å². The van der Waals surface area contributed by atoms with Gasteiger partial charge in [0, 0.05) is 16.8 Å². The van der Waals surface area contributed by atoms with Crippen LogP contribution >= 0.6 is 15.9 Å². The summed E-state index contributed by atoms with van der Waals surface area (Å²) in [6, 6.07) is 5.76. The Kier molecular flexibility index (Phi) is 3.54. The third kappa shape index (κ3) is 2.69. The van der Waals surface area contributed by atoms with E-state index in [0.29, 0.717) is 6.61 Å². The summed E-state index contributed by atoms with van der Waals surface area (Å²) in [5, 5.41) is 2.91. The number of hydrogen-bond acceptors (Lipinski definition) is 2. The Balaban J connectivity index is 2.10. The predicted octanol–water partition coefficient (Wildman–Crippen LogP) is 3.27. The van der Waals surface area contributed by atoms with Gasteiger partial charge in [0.1, 0.15) is 5.60 Å². The maximum Gasteiger partial charge on any atom is 0.256 e. The molecule has 0 aromatic heterocycles. The van der Waals surface area contributed by atoms with Gasteiger partial charge in [-0.25, -0.2) is 0 Å². The van der Waals surface area contributed by atoms with Gasteiger partial charge in [-0.2, -0.15) is 0 Å². The van der Waals surface area contributed by atoms with Crippen molar-refractivity contribution in [1.82, 2.24) is 0 Å². The lowest BCUT2D eigenvalue weighted by Crippen LogP contribution is -2.39. The minimum Gasteiger partial charge on any atom is -0.365 e. The van der Waals surface area contributed by atoms with E-state index < -0.39 is 5.60 Å². The summed E-state index contributed by atoms with van der Waals surface area (Å²) in [4.78, 5) is 12.1. The third-order valence-electron chi connectivity index (χ3n) is 3.11. The van der Waals surface area contributed by atoms with Crippen LogP contribution in [0.2, 0.25) is 0 Å². The molecule has 0 radical (unpaired) electrons. The molecular weight excluding hydrogens is 282 g/mol. The molecule has 0 saturated carbocycles. The van der Waals surface area contributed by atoms with Crippen LogP contribution in [0.3, 0.4) is 0 Å². The Hall–Kier alpha value is -0.870.